The predicted molar refractivity (Wildman–Crippen MR) is 114 cm³/mol. The molecule has 0 saturated heterocycles. The molecule has 0 fully saturated rings. The monoisotopic (exact) mass is 437 g/mol. The van der Waals surface area contributed by atoms with Crippen LogP contribution in [0.25, 0.3) is 0 Å². The van der Waals surface area contributed by atoms with E-state index >= 15 is 0 Å². The topological polar surface area (TPSA) is 93.5 Å². The average Bonchev–Trinajstić information content (AvgIpc) is 2.72. The fraction of sp³-hybridized carbons (Fsp3) is 0.450. The number of rotatable bonds is 8. The number of thioether (sulfide) groups is 1. The van der Waals surface area contributed by atoms with E-state index in [1.54, 1.807) is 22.8 Å². The predicted octanol–water partition coefficient (Wildman–Crippen LogP) is 2.90. The van der Waals surface area contributed by atoms with E-state index in [4.69, 9.17) is 21.4 Å². The van der Waals surface area contributed by atoms with Gasteiger partial charge >= 0.3 is 5.69 Å². The average molecular weight is 438 g/mol. The van der Waals surface area contributed by atoms with Gasteiger partial charge in [0.1, 0.15) is 10.8 Å². The third-order valence-corrected chi connectivity index (χ3v) is 6.02. The number of hydrogen-bond acceptors (Lipinski definition) is 6. The Kier molecular flexibility index (Phi) is 7.57. The van der Waals surface area contributed by atoms with E-state index in [1.165, 1.54) is 18.9 Å². The SMILES string of the molecule is COc1ccc(Cl)cc1NC(=O)CSc1nc(=O)n(CCCO)c2c1CCCC2. The number of carbonyl (C=O) groups excluding carboxylic acids is 1. The van der Waals surface area contributed by atoms with Crippen molar-refractivity contribution in [2.75, 3.05) is 24.8 Å². The molecule has 0 aliphatic heterocycles. The number of fused-ring (bicyclic) bond motifs is 1. The molecule has 0 bridgehead atoms. The lowest BCUT2D eigenvalue weighted by Crippen LogP contribution is -2.30. The first-order chi connectivity index (χ1) is 14.0. The second kappa shape index (κ2) is 10.1. The van der Waals surface area contributed by atoms with Crippen molar-refractivity contribution in [1.82, 2.24) is 9.55 Å². The molecule has 156 valence electrons. The first-order valence-corrected chi connectivity index (χ1v) is 10.9. The Morgan fingerprint density at radius 1 is 1.38 bits per heavy atom. The van der Waals surface area contributed by atoms with Crippen LogP contribution in [0.3, 0.4) is 0 Å². The number of ether oxygens (including phenoxy) is 1. The first-order valence-electron chi connectivity index (χ1n) is 9.53. The van der Waals surface area contributed by atoms with Crippen LogP contribution in [0.15, 0.2) is 28.0 Å². The Bertz CT molecular complexity index is 948. The summed E-state index contributed by atoms with van der Waals surface area (Å²) in [4.78, 5) is 29.2. The van der Waals surface area contributed by atoms with Crippen molar-refractivity contribution < 1.29 is 14.6 Å². The smallest absolute Gasteiger partial charge is 0.348 e. The Hall–Kier alpha value is -2.03. The van der Waals surface area contributed by atoms with Gasteiger partial charge < -0.3 is 15.2 Å². The van der Waals surface area contributed by atoms with Gasteiger partial charge in [-0.05, 0) is 50.3 Å². The minimum atomic E-state index is -0.321. The molecule has 1 heterocycles. The van der Waals surface area contributed by atoms with Crippen molar-refractivity contribution in [1.29, 1.82) is 0 Å². The lowest BCUT2D eigenvalue weighted by molar-refractivity contribution is -0.113. The highest BCUT2D eigenvalue weighted by Crippen LogP contribution is 2.30. The molecule has 29 heavy (non-hydrogen) atoms. The lowest BCUT2D eigenvalue weighted by Gasteiger charge is -2.22. The van der Waals surface area contributed by atoms with Gasteiger partial charge in [0.05, 0.1) is 18.6 Å². The quantitative estimate of drug-likeness (QED) is 0.487. The Labute approximate surface area is 178 Å². The van der Waals surface area contributed by atoms with E-state index in [2.05, 4.69) is 10.3 Å². The summed E-state index contributed by atoms with van der Waals surface area (Å²) in [6, 6.07) is 5.01. The van der Waals surface area contributed by atoms with Crippen LogP contribution in [-0.2, 0) is 24.2 Å². The number of aliphatic hydroxyl groups is 1. The maximum atomic E-state index is 12.5. The number of methoxy groups -OCH3 is 1. The van der Waals surface area contributed by atoms with Crippen LogP contribution >= 0.6 is 23.4 Å². The molecule has 2 N–H and O–H groups in total. The molecule has 0 atom stereocenters. The van der Waals surface area contributed by atoms with Crippen molar-refractivity contribution in [3.8, 4) is 5.75 Å². The number of carbonyl (C=O) groups is 1. The normalized spacial score (nSPS) is 13.1. The maximum absolute atomic E-state index is 12.5. The summed E-state index contributed by atoms with van der Waals surface area (Å²) in [5.74, 6) is 0.413. The van der Waals surface area contributed by atoms with Gasteiger partial charge in [-0.15, -0.1) is 0 Å². The molecule has 1 amide bonds. The second-order valence-electron chi connectivity index (χ2n) is 6.74. The van der Waals surface area contributed by atoms with Crippen LogP contribution in [0.1, 0.15) is 30.5 Å². The number of anilines is 1. The minimum Gasteiger partial charge on any atom is -0.495 e. The minimum absolute atomic E-state index is 0.0326. The summed E-state index contributed by atoms with van der Waals surface area (Å²) in [7, 11) is 1.52. The fourth-order valence-electron chi connectivity index (χ4n) is 3.42. The van der Waals surface area contributed by atoms with Crippen LogP contribution in [0.5, 0.6) is 5.75 Å². The zero-order valence-corrected chi connectivity index (χ0v) is 17.8. The number of hydrogen-bond donors (Lipinski definition) is 2. The summed E-state index contributed by atoms with van der Waals surface area (Å²) < 4.78 is 6.92. The Morgan fingerprint density at radius 3 is 2.93 bits per heavy atom. The summed E-state index contributed by atoms with van der Waals surface area (Å²) in [6.07, 6.45) is 4.23. The van der Waals surface area contributed by atoms with Gasteiger partial charge in [0.25, 0.3) is 0 Å². The number of nitrogens with zero attached hydrogens (tertiary/aromatic N) is 2. The van der Waals surface area contributed by atoms with E-state index in [1.807, 2.05) is 0 Å². The Balaban J connectivity index is 1.75. The molecule has 7 nitrogen and oxygen atoms in total. The fourth-order valence-corrected chi connectivity index (χ4v) is 4.47. The van der Waals surface area contributed by atoms with Gasteiger partial charge in [-0.1, -0.05) is 23.4 Å². The molecule has 1 aromatic heterocycles. The molecule has 0 radical (unpaired) electrons. The molecule has 9 heteroatoms. The van der Waals surface area contributed by atoms with Crippen LogP contribution in [0.4, 0.5) is 5.69 Å². The van der Waals surface area contributed by atoms with Gasteiger partial charge in [-0.2, -0.15) is 4.98 Å². The summed E-state index contributed by atoms with van der Waals surface area (Å²) >= 11 is 7.27. The number of benzene rings is 1. The highest BCUT2D eigenvalue weighted by molar-refractivity contribution is 8.00. The number of nitrogens with one attached hydrogen (secondary N) is 1. The van der Waals surface area contributed by atoms with Crippen LogP contribution < -0.4 is 15.7 Å². The van der Waals surface area contributed by atoms with E-state index in [0.717, 1.165) is 36.9 Å². The van der Waals surface area contributed by atoms with E-state index in [9.17, 15) is 9.59 Å². The molecular formula is C20H24ClN3O4S. The van der Waals surface area contributed by atoms with E-state index in [0.29, 0.717) is 34.5 Å². The van der Waals surface area contributed by atoms with Crippen LogP contribution in [-0.4, -0.2) is 40.0 Å². The van der Waals surface area contributed by atoms with Gasteiger partial charge in [0.2, 0.25) is 5.91 Å². The van der Waals surface area contributed by atoms with Crippen molar-refractivity contribution in [3.63, 3.8) is 0 Å². The van der Waals surface area contributed by atoms with Gasteiger partial charge in [0.15, 0.2) is 0 Å². The van der Waals surface area contributed by atoms with Crippen LogP contribution in [0.2, 0.25) is 5.02 Å². The molecule has 0 unspecified atom stereocenters. The van der Waals surface area contributed by atoms with Crippen LogP contribution in [0, 0.1) is 0 Å². The van der Waals surface area contributed by atoms with Gasteiger partial charge in [-0.3, -0.25) is 9.36 Å². The van der Waals surface area contributed by atoms with Crippen molar-refractivity contribution in [3.05, 3.63) is 45.0 Å². The second-order valence-corrected chi connectivity index (χ2v) is 8.14. The van der Waals surface area contributed by atoms with Gasteiger partial charge in [0, 0.05) is 29.4 Å². The zero-order valence-electron chi connectivity index (χ0n) is 16.2. The van der Waals surface area contributed by atoms with Gasteiger partial charge in [-0.25, -0.2) is 4.79 Å². The number of amides is 1. The molecule has 3 rings (SSSR count). The molecule has 1 aliphatic carbocycles. The maximum Gasteiger partial charge on any atom is 0.348 e. The van der Waals surface area contributed by atoms with E-state index < -0.39 is 0 Å². The van der Waals surface area contributed by atoms with Crippen molar-refractivity contribution >= 4 is 35.0 Å². The standard InChI is InChI=1S/C20H24ClN3O4S/c1-28-17-8-7-13(21)11-15(17)22-18(26)12-29-19-14-5-2-3-6-16(14)24(9-4-10-25)20(27)23-19/h7-8,11,25H,2-6,9-10,12H2,1H3,(H,22,26). The van der Waals surface area contributed by atoms with Crippen molar-refractivity contribution in [2.45, 2.75) is 43.7 Å². The zero-order chi connectivity index (χ0) is 20.8. The summed E-state index contributed by atoms with van der Waals surface area (Å²) in [5, 5.41) is 13.0. The molecule has 1 aromatic carbocycles. The molecule has 0 saturated carbocycles. The molecule has 0 spiro atoms. The number of aliphatic hydroxyl groups excluding tert-OH is 1. The first kappa shape index (κ1) is 21.7. The van der Waals surface area contributed by atoms with E-state index in [-0.39, 0.29) is 24.0 Å². The Morgan fingerprint density at radius 2 is 2.17 bits per heavy atom. The highest BCUT2D eigenvalue weighted by Gasteiger charge is 2.21. The summed E-state index contributed by atoms with van der Waals surface area (Å²) in [6.45, 7) is 0.496. The van der Waals surface area contributed by atoms with Crippen molar-refractivity contribution in [2.24, 2.45) is 0 Å². The molecule has 1 aliphatic rings. The number of aromatic nitrogens is 2. The third-order valence-electron chi connectivity index (χ3n) is 4.77. The molecular weight excluding hydrogens is 414 g/mol. The number of halogens is 1. The molecule has 2 aromatic rings. The highest BCUT2D eigenvalue weighted by atomic mass is 35.5. The summed E-state index contributed by atoms with van der Waals surface area (Å²) in [5.41, 5.74) is 2.22. The largest absolute Gasteiger partial charge is 0.495 e. The third kappa shape index (κ3) is 5.32. The lowest BCUT2D eigenvalue weighted by atomic mass is 9.97.